The van der Waals surface area contributed by atoms with Crippen LogP contribution < -0.4 is 0 Å². The van der Waals surface area contributed by atoms with Crippen molar-refractivity contribution in [1.29, 1.82) is 0 Å². The molecule has 533 valence electrons. The molecule has 0 heterocycles. The molecule has 8 aliphatic rings. The van der Waals surface area contributed by atoms with Crippen LogP contribution in [0.5, 0.6) is 0 Å². The average molecular weight is 1260 g/mol. The Labute approximate surface area is 574 Å². The molecule has 0 N–H and O–H groups in total. The quantitative estimate of drug-likeness (QED) is 0.231. The lowest BCUT2D eigenvalue weighted by atomic mass is 9.84. The Morgan fingerprint density at radius 1 is 0.178 bits per heavy atom. The number of halogens is 1. The zero-order valence-corrected chi connectivity index (χ0v) is 65.0. The highest BCUT2D eigenvalue weighted by Crippen LogP contribution is 2.33. The maximum absolute atomic E-state index is 2.37. The van der Waals surface area contributed by atoms with Crippen molar-refractivity contribution >= 4 is 8.41 Å². The minimum Gasteiger partial charge on any atom is -0.269 e. The minimum absolute atomic E-state index is 0. The van der Waals surface area contributed by atoms with Crippen molar-refractivity contribution in [3.8, 4) is 0 Å². The lowest BCUT2D eigenvalue weighted by molar-refractivity contribution is 0.308. The lowest BCUT2D eigenvalue weighted by Crippen LogP contribution is -2.08. The van der Waals surface area contributed by atoms with Crippen LogP contribution in [0.3, 0.4) is 0 Å². The fraction of sp³-hybridized carbons (Fsp3) is 0.864. The van der Waals surface area contributed by atoms with Crippen LogP contribution in [-0.4, -0.2) is 8.41 Å². The van der Waals surface area contributed by atoms with E-state index in [0.29, 0.717) is 0 Å². The molecule has 8 aliphatic carbocycles. The number of hydrogen-bond donors (Lipinski definition) is 0. The third kappa shape index (κ3) is 45.0. The molecule has 2 aromatic carbocycles. The molecule has 0 nitrogen and oxygen atoms in total. The second-order valence-electron chi connectivity index (χ2n) is 33.7. The predicted octanol–water partition coefficient (Wildman–Crippen LogP) is 30.4. The number of aryl methyl sites for hydroxylation is 4. The summed E-state index contributed by atoms with van der Waals surface area (Å²) in [6.07, 6.45) is 47.1. The van der Waals surface area contributed by atoms with Gasteiger partial charge in [-0.2, -0.15) is 0 Å². The van der Waals surface area contributed by atoms with Gasteiger partial charge in [0, 0.05) is 9.84 Å². The van der Waals surface area contributed by atoms with Gasteiger partial charge in [0.05, 0.1) is 0 Å². The summed E-state index contributed by atoms with van der Waals surface area (Å²) in [5.74, 6) is 16.3. The molecule has 8 fully saturated rings. The van der Waals surface area contributed by atoms with Crippen molar-refractivity contribution in [3.63, 3.8) is 0 Å². The zero-order chi connectivity index (χ0) is 65.1. The van der Waals surface area contributed by atoms with E-state index in [0.717, 1.165) is 94.7 Å². The van der Waals surface area contributed by atoms with Gasteiger partial charge in [-0.05, 0) is 220 Å². The first kappa shape index (κ1) is 94.8. The Bertz CT molecular complexity index is 1500. The Morgan fingerprint density at radius 3 is 0.311 bits per heavy atom. The number of benzene rings is 2. The third-order valence-corrected chi connectivity index (χ3v) is 23.9. The Kier molecular flexibility index (Phi) is 56.4. The highest BCUT2D eigenvalue weighted by molar-refractivity contribution is 5.75. The molecule has 0 unspecified atom stereocenters. The standard InChI is InChI=1S/2C11H16.8C8H16.2CH4.B.FH.H2/c2*1-7-6-8(2)10(4)11(5)9(7)3;8*1-7-3-5-8(2)6-4-7;;;;;/h2*6H,1-5H3;8*7-8H,3-6H2,1-2H3;2*1H4;;2*1H/i;;;;;;;;;;;;;;1+1. The van der Waals surface area contributed by atoms with Crippen LogP contribution in [0.25, 0.3) is 0 Å². The summed E-state index contributed by atoms with van der Waals surface area (Å²) in [5, 5.41) is 0. The summed E-state index contributed by atoms with van der Waals surface area (Å²) in [6, 6.07) is 4.52. The van der Waals surface area contributed by atoms with Crippen molar-refractivity contribution in [2.75, 3.05) is 0 Å². The van der Waals surface area contributed by atoms with Crippen LogP contribution in [0.15, 0.2) is 12.1 Å². The van der Waals surface area contributed by atoms with Gasteiger partial charge in [0.25, 0.3) is 0 Å². The van der Waals surface area contributed by atoms with Gasteiger partial charge >= 0.3 is 0 Å². The molecule has 0 aromatic heterocycles. The molecule has 0 bridgehead atoms. The predicted molar refractivity (Wildman–Crippen MR) is 418 cm³/mol. The van der Waals surface area contributed by atoms with E-state index in [1.54, 1.807) is 0 Å². The van der Waals surface area contributed by atoms with Gasteiger partial charge in [-0.1, -0.05) is 343 Å². The molecule has 0 spiro atoms. The van der Waals surface area contributed by atoms with Crippen molar-refractivity contribution in [2.45, 2.75) is 400 Å². The molecular formula is C88H171BF. The average Bonchev–Trinajstić information content (AvgIpc) is 3.30. The maximum atomic E-state index is 2.37. The minimum atomic E-state index is 0. The van der Waals surface area contributed by atoms with Gasteiger partial charge in [0.2, 0.25) is 0 Å². The number of rotatable bonds is 0. The zero-order valence-electron chi connectivity index (χ0n) is 65.0. The Hall–Kier alpha value is -1.57. The molecule has 90 heavy (non-hydrogen) atoms. The summed E-state index contributed by atoms with van der Waals surface area (Å²) in [4.78, 5) is 0. The highest BCUT2D eigenvalue weighted by Gasteiger charge is 2.19. The summed E-state index contributed by atoms with van der Waals surface area (Å²) < 4.78 is 0. The SMILES string of the molecule is C.C.CC1CCC(C)CC1.CC1CCC(C)CC1.CC1CCC(C)CC1.CC1CCC(C)CC1.CC1CCC(C)CC1.CC1CCC(C)CC1.CC1CCC(C)CC1.CC1CCC(C)CC1.Cc1cc(C)c(C)c(C)c1C.Cc1cc(C)c(C)c(C)c1C.F.[2HH].[B]. The summed E-state index contributed by atoms with van der Waals surface area (Å²) in [6.45, 7) is 59.7. The van der Waals surface area contributed by atoms with Gasteiger partial charge < -0.3 is 0 Å². The summed E-state index contributed by atoms with van der Waals surface area (Å²) >= 11 is 0. The van der Waals surface area contributed by atoms with E-state index in [2.05, 4.69) is 192 Å². The van der Waals surface area contributed by atoms with Crippen LogP contribution in [0.1, 0.15) is 388 Å². The number of hydrogen-bond acceptors (Lipinski definition) is 0. The van der Waals surface area contributed by atoms with Gasteiger partial charge in [0.1, 0.15) is 0 Å². The van der Waals surface area contributed by atoms with E-state index < -0.39 is 0 Å². The highest BCUT2D eigenvalue weighted by atomic mass is 19.0. The molecule has 0 amide bonds. The molecule has 2 aromatic rings. The Balaban J connectivity index is -0.000000300. The molecular weight excluding hydrogens is 1090 g/mol. The first-order valence-corrected chi connectivity index (χ1v) is 38.5. The molecule has 3 radical (unpaired) electrons. The van der Waals surface area contributed by atoms with E-state index in [9.17, 15) is 0 Å². The van der Waals surface area contributed by atoms with Crippen molar-refractivity contribution in [1.82, 2.24) is 0 Å². The van der Waals surface area contributed by atoms with Crippen LogP contribution in [-0.2, 0) is 0 Å². The molecule has 0 saturated heterocycles. The lowest BCUT2D eigenvalue weighted by Gasteiger charge is -2.22. The van der Waals surface area contributed by atoms with Crippen LogP contribution >= 0.6 is 0 Å². The van der Waals surface area contributed by atoms with Gasteiger partial charge in [-0.25, -0.2) is 0 Å². The topological polar surface area (TPSA) is 0 Å². The van der Waals surface area contributed by atoms with Crippen molar-refractivity contribution in [3.05, 3.63) is 67.8 Å². The van der Waals surface area contributed by atoms with Crippen LogP contribution in [0.2, 0.25) is 0 Å². The van der Waals surface area contributed by atoms with Crippen LogP contribution in [0, 0.1) is 164 Å². The van der Waals surface area contributed by atoms with E-state index >= 15 is 0 Å². The normalized spacial score (nSPS) is 30.8. The van der Waals surface area contributed by atoms with Crippen molar-refractivity contribution in [2.24, 2.45) is 94.7 Å². The van der Waals surface area contributed by atoms with E-state index in [-0.39, 0.29) is 29.4 Å². The van der Waals surface area contributed by atoms with Crippen molar-refractivity contribution < 1.29 is 6.13 Å². The largest absolute Gasteiger partial charge is 0.269 e. The smallest absolute Gasteiger partial charge is 0 e. The van der Waals surface area contributed by atoms with Gasteiger partial charge in [-0.3, -0.25) is 4.70 Å². The fourth-order valence-corrected chi connectivity index (χ4v) is 14.2. The second-order valence-corrected chi connectivity index (χ2v) is 33.7. The first-order valence-electron chi connectivity index (χ1n) is 38.5. The van der Waals surface area contributed by atoms with Crippen LogP contribution in [0.4, 0.5) is 4.70 Å². The van der Waals surface area contributed by atoms with E-state index in [4.69, 9.17) is 0 Å². The Morgan fingerprint density at radius 2 is 0.244 bits per heavy atom. The molecule has 2 heteroatoms. The first-order chi connectivity index (χ1) is 40.4. The summed E-state index contributed by atoms with van der Waals surface area (Å²) in [5.41, 5.74) is 14.3. The molecule has 8 saturated carbocycles. The molecule has 0 atom stereocenters. The monoisotopic (exact) mass is 1260 g/mol. The third-order valence-electron chi connectivity index (χ3n) is 23.9. The van der Waals surface area contributed by atoms with Gasteiger partial charge in [0.15, 0.2) is 0 Å². The maximum Gasteiger partial charge on any atom is 0 e. The summed E-state index contributed by atoms with van der Waals surface area (Å²) in [7, 11) is 0. The van der Waals surface area contributed by atoms with E-state index in [1.807, 2.05) is 0 Å². The second kappa shape index (κ2) is 53.6. The van der Waals surface area contributed by atoms with Gasteiger partial charge in [-0.15, -0.1) is 0 Å². The fourth-order valence-electron chi connectivity index (χ4n) is 14.2. The van der Waals surface area contributed by atoms with E-state index in [1.165, 1.54) is 261 Å². The molecule has 10 rings (SSSR count). The molecule has 0 aliphatic heterocycles.